The predicted octanol–water partition coefficient (Wildman–Crippen LogP) is 18.2. The highest BCUT2D eigenvalue weighted by Gasteiger charge is 2.47. The van der Waals surface area contributed by atoms with Gasteiger partial charge in [-0.1, -0.05) is 210 Å². The van der Waals surface area contributed by atoms with Crippen molar-refractivity contribution in [3.63, 3.8) is 0 Å². The van der Waals surface area contributed by atoms with E-state index in [1.165, 1.54) is 126 Å². The minimum Gasteiger partial charge on any atom is -0.310 e. The SMILES string of the molecule is CC(C)c1cc(-c2ccc(-c3cccc(N(c4ccc5c(c4)C(c4ccccc4)(c4ccccc4)c4ccccc4-5)c4ccccc4C4CC5CCC4C5)c3)c3ccccc23)cc(C(C)C)c1. The Morgan fingerprint density at radius 1 is 0.433 bits per heavy atom. The molecule has 0 saturated heterocycles. The van der Waals surface area contributed by atoms with Crippen LogP contribution >= 0.6 is 0 Å². The minimum atomic E-state index is -0.493. The largest absolute Gasteiger partial charge is 0.310 e. The highest BCUT2D eigenvalue weighted by molar-refractivity contribution is 6.05. The molecule has 0 aromatic heterocycles. The molecule has 0 N–H and O–H groups in total. The number of para-hydroxylation sites is 1. The van der Waals surface area contributed by atoms with Gasteiger partial charge in [-0.25, -0.2) is 0 Å². The minimum absolute atomic E-state index is 0.455. The first kappa shape index (κ1) is 41.5. The first-order valence-electron chi connectivity index (χ1n) is 24.9. The average Bonchev–Trinajstić information content (AvgIpc) is 4.10. The number of rotatable bonds is 10. The summed E-state index contributed by atoms with van der Waals surface area (Å²) >= 11 is 0. The molecule has 0 aliphatic heterocycles. The molecular weight excluding hydrogens is 807 g/mol. The molecule has 0 spiro atoms. The van der Waals surface area contributed by atoms with Gasteiger partial charge in [0, 0.05) is 17.1 Å². The van der Waals surface area contributed by atoms with Crippen LogP contribution in [0.4, 0.5) is 17.1 Å². The fraction of sp³-hybridized carbons (Fsp3) is 0.212. The van der Waals surface area contributed by atoms with Crippen LogP contribution in [0, 0.1) is 11.8 Å². The average molecular weight is 866 g/mol. The van der Waals surface area contributed by atoms with Gasteiger partial charge in [0.05, 0.1) is 5.41 Å². The molecule has 3 aliphatic rings. The van der Waals surface area contributed by atoms with Crippen LogP contribution in [0.1, 0.15) is 110 Å². The smallest absolute Gasteiger partial charge is 0.0714 e. The summed E-state index contributed by atoms with van der Waals surface area (Å²) < 4.78 is 0. The summed E-state index contributed by atoms with van der Waals surface area (Å²) in [7, 11) is 0. The van der Waals surface area contributed by atoms with Crippen LogP contribution in [0.25, 0.3) is 44.2 Å². The molecule has 328 valence electrons. The third-order valence-electron chi connectivity index (χ3n) is 16.0. The fourth-order valence-electron chi connectivity index (χ4n) is 12.7. The molecule has 9 aromatic rings. The van der Waals surface area contributed by atoms with Crippen LogP contribution in [-0.2, 0) is 5.41 Å². The maximum absolute atomic E-state index is 2.61. The van der Waals surface area contributed by atoms with E-state index in [9.17, 15) is 0 Å². The molecular formula is C66H59N. The number of nitrogens with zero attached hydrogens (tertiary/aromatic N) is 1. The Bertz CT molecular complexity index is 3220. The van der Waals surface area contributed by atoms with Crippen LogP contribution in [0.2, 0.25) is 0 Å². The van der Waals surface area contributed by atoms with Crippen molar-refractivity contribution in [2.45, 2.75) is 76.5 Å². The maximum Gasteiger partial charge on any atom is 0.0714 e. The molecule has 2 bridgehead atoms. The third-order valence-corrected chi connectivity index (χ3v) is 16.0. The Balaban J connectivity index is 1.06. The molecule has 12 rings (SSSR count). The Hall–Kier alpha value is -6.96. The van der Waals surface area contributed by atoms with Crippen molar-refractivity contribution >= 4 is 27.8 Å². The zero-order chi connectivity index (χ0) is 45.2. The molecule has 2 saturated carbocycles. The van der Waals surface area contributed by atoms with E-state index >= 15 is 0 Å². The van der Waals surface area contributed by atoms with E-state index in [1.54, 1.807) is 0 Å². The highest BCUT2D eigenvalue weighted by atomic mass is 15.1. The first-order valence-corrected chi connectivity index (χ1v) is 24.9. The Labute approximate surface area is 397 Å². The number of fused-ring (bicyclic) bond motifs is 6. The second-order valence-electron chi connectivity index (χ2n) is 20.4. The molecule has 1 heteroatoms. The maximum atomic E-state index is 2.61. The molecule has 1 nitrogen and oxygen atoms in total. The molecule has 3 unspecified atom stereocenters. The summed E-state index contributed by atoms with van der Waals surface area (Å²) in [5.74, 6) is 3.07. The van der Waals surface area contributed by atoms with Gasteiger partial charge in [0.25, 0.3) is 0 Å². The standard InChI is InChI=1S/C66H59N/c1-43(2)48-38-49(44(3)4)40-50(39-48)56-35-34-55(57-24-11-12-25-58(56)57)46-18-17-23-53(41-46)67(65-29-16-14-27-61(65)62-37-45-30-31-47(62)36-45)54-32-33-60-59-26-13-15-28-63(59)66(64(60)42-54,51-19-7-5-8-20-51)52-21-9-6-10-22-52/h5-29,32-35,38-45,47,62H,30-31,36-37H2,1-4H3. The van der Waals surface area contributed by atoms with Crippen molar-refractivity contribution in [2.75, 3.05) is 4.90 Å². The molecule has 67 heavy (non-hydrogen) atoms. The van der Waals surface area contributed by atoms with Crippen LogP contribution < -0.4 is 4.90 Å². The second-order valence-corrected chi connectivity index (χ2v) is 20.4. The van der Waals surface area contributed by atoms with Gasteiger partial charge in [-0.05, 0) is 162 Å². The van der Waals surface area contributed by atoms with Crippen LogP contribution in [0.15, 0.2) is 206 Å². The van der Waals surface area contributed by atoms with Gasteiger partial charge in [-0.15, -0.1) is 0 Å². The lowest BCUT2D eigenvalue weighted by molar-refractivity contribution is 0.420. The summed E-state index contributed by atoms with van der Waals surface area (Å²) in [5.41, 5.74) is 20.3. The summed E-state index contributed by atoms with van der Waals surface area (Å²) in [6, 6.07) is 78.7. The number of hydrogen-bond acceptors (Lipinski definition) is 1. The predicted molar refractivity (Wildman–Crippen MR) is 283 cm³/mol. The summed E-state index contributed by atoms with van der Waals surface area (Å²) in [6.07, 6.45) is 5.38. The molecule has 0 radical (unpaired) electrons. The van der Waals surface area contributed by atoms with Crippen molar-refractivity contribution in [2.24, 2.45) is 11.8 Å². The monoisotopic (exact) mass is 865 g/mol. The molecule has 2 fully saturated rings. The lowest BCUT2D eigenvalue weighted by Gasteiger charge is -2.35. The lowest BCUT2D eigenvalue weighted by atomic mass is 9.67. The van der Waals surface area contributed by atoms with Crippen LogP contribution in [0.3, 0.4) is 0 Å². The summed E-state index contributed by atoms with van der Waals surface area (Å²) in [5, 5.41) is 2.56. The van der Waals surface area contributed by atoms with Gasteiger partial charge < -0.3 is 4.90 Å². The van der Waals surface area contributed by atoms with E-state index in [-0.39, 0.29) is 0 Å². The van der Waals surface area contributed by atoms with E-state index in [2.05, 4.69) is 239 Å². The van der Waals surface area contributed by atoms with Gasteiger partial charge in [0.1, 0.15) is 0 Å². The van der Waals surface area contributed by atoms with Gasteiger partial charge in [0.15, 0.2) is 0 Å². The summed E-state index contributed by atoms with van der Waals surface area (Å²) in [6.45, 7) is 9.23. The van der Waals surface area contributed by atoms with Crippen LogP contribution in [0.5, 0.6) is 0 Å². The van der Waals surface area contributed by atoms with E-state index in [0.29, 0.717) is 17.8 Å². The molecule has 0 heterocycles. The van der Waals surface area contributed by atoms with Crippen molar-refractivity contribution in [3.05, 3.63) is 245 Å². The van der Waals surface area contributed by atoms with Gasteiger partial charge in [-0.2, -0.15) is 0 Å². The van der Waals surface area contributed by atoms with Gasteiger partial charge in [0.2, 0.25) is 0 Å². The fourth-order valence-corrected chi connectivity index (χ4v) is 12.7. The van der Waals surface area contributed by atoms with E-state index < -0.39 is 5.41 Å². The van der Waals surface area contributed by atoms with Crippen molar-refractivity contribution in [1.82, 2.24) is 0 Å². The topological polar surface area (TPSA) is 3.24 Å². The zero-order valence-corrected chi connectivity index (χ0v) is 39.3. The number of anilines is 3. The van der Waals surface area contributed by atoms with E-state index in [4.69, 9.17) is 0 Å². The summed E-state index contributed by atoms with van der Waals surface area (Å²) in [4.78, 5) is 2.61. The van der Waals surface area contributed by atoms with Crippen molar-refractivity contribution in [3.8, 4) is 33.4 Å². The second kappa shape index (κ2) is 16.7. The van der Waals surface area contributed by atoms with Crippen molar-refractivity contribution in [1.29, 1.82) is 0 Å². The van der Waals surface area contributed by atoms with E-state index in [1.807, 2.05) is 0 Å². The molecule has 0 amide bonds. The Morgan fingerprint density at radius 2 is 1.01 bits per heavy atom. The Kier molecular flexibility index (Phi) is 10.4. The van der Waals surface area contributed by atoms with Gasteiger partial charge >= 0.3 is 0 Å². The lowest BCUT2D eigenvalue weighted by Crippen LogP contribution is -2.28. The highest BCUT2D eigenvalue weighted by Crippen LogP contribution is 2.59. The van der Waals surface area contributed by atoms with Crippen molar-refractivity contribution < 1.29 is 0 Å². The van der Waals surface area contributed by atoms with Gasteiger partial charge in [-0.3, -0.25) is 0 Å². The Morgan fingerprint density at radius 3 is 1.67 bits per heavy atom. The van der Waals surface area contributed by atoms with Crippen LogP contribution in [-0.4, -0.2) is 0 Å². The molecule has 3 aliphatic carbocycles. The molecule has 9 aromatic carbocycles. The molecule has 3 atom stereocenters. The zero-order valence-electron chi connectivity index (χ0n) is 39.3. The first-order chi connectivity index (χ1) is 32.9. The quantitative estimate of drug-likeness (QED) is 0.132. The number of hydrogen-bond donors (Lipinski definition) is 0. The van der Waals surface area contributed by atoms with E-state index in [0.717, 1.165) is 11.8 Å². The number of benzene rings is 9. The normalized spacial score (nSPS) is 17.9. The third kappa shape index (κ3) is 6.88.